The van der Waals surface area contributed by atoms with Gasteiger partial charge in [0.25, 0.3) is 0 Å². The van der Waals surface area contributed by atoms with Gasteiger partial charge in [-0.1, -0.05) is 27.2 Å². The van der Waals surface area contributed by atoms with E-state index in [9.17, 15) is 13.2 Å². The monoisotopic (exact) mass is 278 g/mol. The molecule has 0 aromatic rings. The largest absolute Gasteiger partial charge is 0.394 e. The Morgan fingerprint density at radius 3 is 1.95 bits per heavy atom. The molecule has 4 heteroatoms. The van der Waals surface area contributed by atoms with Crippen LogP contribution in [0.25, 0.3) is 0 Å². The van der Waals surface area contributed by atoms with E-state index < -0.39 is 17.5 Å². The van der Waals surface area contributed by atoms with E-state index >= 15 is 0 Å². The van der Waals surface area contributed by atoms with Crippen molar-refractivity contribution in [1.82, 2.24) is 0 Å². The van der Waals surface area contributed by atoms with Gasteiger partial charge in [-0.15, -0.1) is 0 Å². The third-order valence-corrected chi connectivity index (χ3v) is 5.63. The van der Waals surface area contributed by atoms with Crippen molar-refractivity contribution in [2.24, 2.45) is 22.7 Å². The zero-order chi connectivity index (χ0) is 14.3. The van der Waals surface area contributed by atoms with E-state index in [4.69, 9.17) is 4.74 Å². The normalized spacial score (nSPS) is 26.1. The smallest absolute Gasteiger partial charge is 0.381 e. The molecule has 1 atom stereocenters. The zero-order valence-electron chi connectivity index (χ0n) is 12.1. The van der Waals surface area contributed by atoms with Gasteiger partial charge in [0, 0.05) is 0 Å². The van der Waals surface area contributed by atoms with Crippen LogP contribution in [0.4, 0.5) is 13.2 Å². The van der Waals surface area contributed by atoms with Gasteiger partial charge in [0.2, 0.25) is 0 Å². The maximum atomic E-state index is 13.2. The van der Waals surface area contributed by atoms with Gasteiger partial charge in [-0.3, -0.25) is 0 Å². The van der Waals surface area contributed by atoms with E-state index in [1.165, 1.54) is 0 Å². The highest BCUT2D eigenvalue weighted by molar-refractivity contribution is 4.98. The maximum absolute atomic E-state index is 13.2. The van der Waals surface area contributed by atoms with Crippen LogP contribution in [0, 0.1) is 22.7 Å². The molecule has 2 saturated carbocycles. The molecule has 0 aromatic heterocycles. The van der Waals surface area contributed by atoms with Gasteiger partial charge >= 0.3 is 6.18 Å². The highest BCUT2D eigenvalue weighted by atomic mass is 19.4. The van der Waals surface area contributed by atoms with E-state index in [0.717, 1.165) is 12.8 Å². The Kier molecular flexibility index (Phi) is 3.94. The summed E-state index contributed by atoms with van der Waals surface area (Å²) in [7, 11) is 0. The number of alkyl halides is 3. The van der Waals surface area contributed by atoms with Crippen LogP contribution in [-0.4, -0.2) is 19.4 Å². The van der Waals surface area contributed by atoms with Crippen molar-refractivity contribution in [1.29, 1.82) is 0 Å². The lowest BCUT2D eigenvalue weighted by atomic mass is 9.61. The van der Waals surface area contributed by atoms with Gasteiger partial charge in [-0.05, 0) is 42.9 Å². The van der Waals surface area contributed by atoms with Crippen molar-refractivity contribution in [3.05, 3.63) is 0 Å². The fourth-order valence-corrected chi connectivity index (χ4v) is 3.26. The van der Waals surface area contributed by atoms with E-state index in [1.54, 1.807) is 6.92 Å². The van der Waals surface area contributed by atoms with Crippen LogP contribution >= 0.6 is 0 Å². The first kappa shape index (κ1) is 15.1. The molecule has 0 radical (unpaired) electrons. The molecule has 19 heavy (non-hydrogen) atoms. The summed E-state index contributed by atoms with van der Waals surface area (Å²) in [5, 5.41) is 0. The van der Waals surface area contributed by atoms with Gasteiger partial charge in [-0.2, -0.15) is 13.2 Å². The van der Waals surface area contributed by atoms with Crippen LogP contribution < -0.4 is 0 Å². The lowest BCUT2D eigenvalue weighted by Crippen LogP contribution is -2.50. The second-order valence-electron chi connectivity index (χ2n) is 6.94. The Hall–Kier alpha value is -0.250. The van der Waals surface area contributed by atoms with Crippen LogP contribution in [0.1, 0.15) is 52.9 Å². The molecule has 2 aliphatic carbocycles. The lowest BCUT2D eigenvalue weighted by Gasteiger charge is -2.47. The summed E-state index contributed by atoms with van der Waals surface area (Å²) in [6, 6.07) is 0. The number of rotatable bonds is 6. The molecule has 0 amide bonds. The zero-order valence-corrected chi connectivity index (χ0v) is 12.1. The molecular weight excluding hydrogens is 253 g/mol. The predicted octanol–water partition coefficient (Wildman–Crippen LogP) is 4.81. The molecule has 0 heterocycles. The first-order valence-electron chi connectivity index (χ1n) is 7.38. The van der Waals surface area contributed by atoms with E-state index in [-0.39, 0.29) is 24.9 Å². The fraction of sp³-hybridized carbons (Fsp3) is 1.00. The average molecular weight is 278 g/mol. The Morgan fingerprint density at radius 2 is 1.63 bits per heavy atom. The second kappa shape index (κ2) is 4.94. The van der Waals surface area contributed by atoms with Gasteiger partial charge in [0.15, 0.2) is 0 Å². The first-order chi connectivity index (χ1) is 8.74. The minimum Gasteiger partial charge on any atom is -0.381 e. The fourth-order valence-electron chi connectivity index (χ4n) is 3.26. The van der Waals surface area contributed by atoms with Crippen LogP contribution in [0.3, 0.4) is 0 Å². The van der Waals surface area contributed by atoms with Crippen molar-refractivity contribution in [3.8, 4) is 0 Å². The number of hydrogen-bond donors (Lipinski definition) is 0. The van der Waals surface area contributed by atoms with Gasteiger partial charge < -0.3 is 4.74 Å². The maximum Gasteiger partial charge on any atom is 0.394 e. The lowest BCUT2D eigenvalue weighted by molar-refractivity contribution is -0.274. The summed E-state index contributed by atoms with van der Waals surface area (Å²) in [6.07, 6.45) is -0.525. The number of ether oxygens (including phenoxy) is 1. The second-order valence-corrected chi connectivity index (χ2v) is 6.94. The highest BCUT2D eigenvalue weighted by Crippen LogP contribution is 2.58. The molecule has 0 aromatic carbocycles. The first-order valence-corrected chi connectivity index (χ1v) is 7.38. The summed E-state index contributed by atoms with van der Waals surface area (Å²) >= 11 is 0. The van der Waals surface area contributed by atoms with Gasteiger partial charge in [-0.25, -0.2) is 0 Å². The van der Waals surface area contributed by atoms with Crippen LogP contribution in [0.2, 0.25) is 0 Å². The standard InChI is InChI=1S/C15H25F3O/c1-11(2)13(7-8-13)10-19-9-12(3)14(5-4-6-14)15(16,17)18/h11-12H,4-10H2,1-3H3. The molecule has 1 unspecified atom stereocenters. The van der Waals surface area contributed by atoms with E-state index in [2.05, 4.69) is 13.8 Å². The molecule has 1 nitrogen and oxygen atoms in total. The molecule has 2 fully saturated rings. The topological polar surface area (TPSA) is 9.23 Å². The predicted molar refractivity (Wildman–Crippen MR) is 68.8 cm³/mol. The summed E-state index contributed by atoms with van der Waals surface area (Å²) in [5.41, 5.74) is -1.22. The highest BCUT2D eigenvalue weighted by Gasteiger charge is 2.61. The SMILES string of the molecule is CC(C)C1(COCC(C)C2(C(F)(F)F)CCC2)CC1. The average Bonchev–Trinajstić information content (AvgIpc) is 2.94. The van der Waals surface area contributed by atoms with Crippen molar-refractivity contribution in [3.63, 3.8) is 0 Å². The molecule has 0 aliphatic heterocycles. The summed E-state index contributed by atoms with van der Waals surface area (Å²) in [6.45, 7) is 6.91. The molecule has 0 saturated heterocycles. The molecule has 0 spiro atoms. The number of hydrogen-bond acceptors (Lipinski definition) is 1. The molecule has 112 valence electrons. The molecule has 0 bridgehead atoms. The number of halogens is 3. The third kappa shape index (κ3) is 2.65. The Labute approximate surface area is 113 Å². The van der Waals surface area contributed by atoms with E-state index in [1.807, 2.05) is 0 Å². The molecular formula is C15H25F3O. The van der Waals surface area contributed by atoms with Gasteiger partial charge in [0.1, 0.15) is 0 Å². The third-order valence-electron chi connectivity index (χ3n) is 5.63. The molecule has 2 rings (SSSR count). The van der Waals surface area contributed by atoms with Crippen molar-refractivity contribution in [2.75, 3.05) is 13.2 Å². The summed E-state index contributed by atoms with van der Waals surface area (Å²) < 4.78 is 45.1. The van der Waals surface area contributed by atoms with Gasteiger partial charge in [0.05, 0.1) is 18.6 Å². The van der Waals surface area contributed by atoms with Crippen LogP contribution in [0.15, 0.2) is 0 Å². The molecule has 2 aliphatic rings. The summed E-state index contributed by atoms with van der Waals surface area (Å²) in [5.74, 6) is 0.132. The molecule has 0 N–H and O–H groups in total. The van der Waals surface area contributed by atoms with Crippen molar-refractivity contribution in [2.45, 2.75) is 59.1 Å². The summed E-state index contributed by atoms with van der Waals surface area (Å²) in [4.78, 5) is 0. The van der Waals surface area contributed by atoms with Crippen molar-refractivity contribution >= 4 is 0 Å². The van der Waals surface area contributed by atoms with Crippen LogP contribution in [0.5, 0.6) is 0 Å². The Bertz CT molecular complexity index is 314. The van der Waals surface area contributed by atoms with Crippen molar-refractivity contribution < 1.29 is 17.9 Å². The quantitative estimate of drug-likeness (QED) is 0.677. The van der Waals surface area contributed by atoms with E-state index in [0.29, 0.717) is 18.9 Å². The Balaban J connectivity index is 1.83. The van der Waals surface area contributed by atoms with Crippen LogP contribution in [-0.2, 0) is 4.74 Å². The minimum atomic E-state index is -4.08. The Morgan fingerprint density at radius 1 is 1.05 bits per heavy atom. The minimum absolute atomic E-state index is 0.244.